The van der Waals surface area contributed by atoms with Crippen LogP contribution in [0.3, 0.4) is 0 Å². The Hall–Kier alpha value is -2.50. The lowest BCUT2D eigenvalue weighted by Crippen LogP contribution is -1.92. The number of rotatable bonds is 1. The summed E-state index contributed by atoms with van der Waals surface area (Å²) in [5.41, 5.74) is 9.07. The number of H-pyrrole nitrogens is 1. The van der Waals surface area contributed by atoms with Crippen LogP contribution in [0.25, 0.3) is 22.3 Å². The van der Waals surface area contributed by atoms with Crippen molar-refractivity contribution < 1.29 is 0 Å². The Bertz CT molecular complexity index is 670. The van der Waals surface area contributed by atoms with Gasteiger partial charge in [0.25, 0.3) is 0 Å². The average molecular weight is 226 g/mol. The first-order valence-electron chi connectivity index (χ1n) is 5.13. The Labute approximate surface area is 96.9 Å². The van der Waals surface area contributed by atoms with E-state index in [2.05, 4.69) is 25.1 Å². The monoisotopic (exact) mass is 226 g/mol. The van der Waals surface area contributed by atoms with Gasteiger partial charge in [-0.15, -0.1) is 0 Å². The fourth-order valence-electron chi connectivity index (χ4n) is 1.70. The number of hydrogen-bond donors (Lipinski definition) is 2. The number of aromatic nitrogens is 5. The Morgan fingerprint density at radius 1 is 1.18 bits per heavy atom. The van der Waals surface area contributed by atoms with Gasteiger partial charge in [0, 0.05) is 17.5 Å². The molecule has 0 aliphatic heterocycles. The average Bonchev–Trinajstić information content (AvgIpc) is 2.75. The molecule has 0 aliphatic carbocycles. The number of nitrogens with two attached hydrogens (primary N) is 1. The van der Waals surface area contributed by atoms with Gasteiger partial charge in [-0.3, -0.25) is 10.1 Å². The van der Waals surface area contributed by atoms with Gasteiger partial charge < -0.3 is 5.73 Å². The Balaban J connectivity index is 2.27. The van der Waals surface area contributed by atoms with E-state index >= 15 is 0 Å². The molecule has 3 aromatic rings. The van der Waals surface area contributed by atoms with Crippen molar-refractivity contribution in [3.8, 4) is 11.3 Å². The van der Waals surface area contributed by atoms with Crippen molar-refractivity contribution in [2.45, 2.75) is 6.92 Å². The SMILES string of the molecule is Cc1ccc(-c2[nH]nc3ncnc(N)c23)cn1. The van der Waals surface area contributed by atoms with E-state index in [0.717, 1.165) is 22.3 Å². The summed E-state index contributed by atoms with van der Waals surface area (Å²) in [5, 5.41) is 7.75. The van der Waals surface area contributed by atoms with Gasteiger partial charge in [-0.1, -0.05) is 0 Å². The molecular formula is C11H10N6. The second kappa shape index (κ2) is 3.51. The van der Waals surface area contributed by atoms with Crippen molar-refractivity contribution in [3.05, 3.63) is 30.4 Å². The van der Waals surface area contributed by atoms with Gasteiger partial charge in [-0.2, -0.15) is 5.10 Å². The summed E-state index contributed by atoms with van der Waals surface area (Å²) >= 11 is 0. The zero-order chi connectivity index (χ0) is 11.8. The summed E-state index contributed by atoms with van der Waals surface area (Å²) < 4.78 is 0. The summed E-state index contributed by atoms with van der Waals surface area (Å²) in [6.07, 6.45) is 3.17. The maximum Gasteiger partial charge on any atom is 0.186 e. The van der Waals surface area contributed by atoms with Crippen LogP contribution in [0.15, 0.2) is 24.7 Å². The number of nitrogens with zero attached hydrogens (tertiary/aromatic N) is 4. The van der Waals surface area contributed by atoms with E-state index in [1.807, 2.05) is 19.1 Å². The van der Waals surface area contributed by atoms with E-state index < -0.39 is 0 Å². The molecule has 0 atom stereocenters. The molecule has 6 heteroatoms. The standard InChI is InChI=1S/C11H10N6/c1-6-2-3-7(4-13-6)9-8-10(12)14-5-15-11(8)17-16-9/h2-5H,1H3,(H3,12,14,15,16,17). The van der Waals surface area contributed by atoms with Gasteiger partial charge in [0.2, 0.25) is 0 Å². The summed E-state index contributed by atoms with van der Waals surface area (Å²) in [6, 6.07) is 3.89. The van der Waals surface area contributed by atoms with Crippen molar-refractivity contribution in [2.75, 3.05) is 5.73 Å². The number of pyridine rings is 1. The molecule has 17 heavy (non-hydrogen) atoms. The summed E-state index contributed by atoms with van der Waals surface area (Å²) in [5.74, 6) is 0.416. The molecule has 84 valence electrons. The highest BCUT2D eigenvalue weighted by Gasteiger charge is 2.12. The maximum atomic E-state index is 5.84. The molecule has 0 saturated carbocycles. The number of hydrogen-bond acceptors (Lipinski definition) is 5. The number of aromatic amines is 1. The van der Waals surface area contributed by atoms with Gasteiger partial charge in [0.05, 0.1) is 11.1 Å². The van der Waals surface area contributed by atoms with Crippen LogP contribution in [0.5, 0.6) is 0 Å². The molecule has 6 nitrogen and oxygen atoms in total. The highest BCUT2D eigenvalue weighted by Crippen LogP contribution is 2.27. The Morgan fingerprint density at radius 2 is 2.06 bits per heavy atom. The molecule has 0 radical (unpaired) electrons. The van der Waals surface area contributed by atoms with Crippen molar-refractivity contribution in [2.24, 2.45) is 0 Å². The molecule has 3 heterocycles. The van der Waals surface area contributed by atoms with Gasteiger partial charge in [0.1, 0.15) is 12.1 Å². The van der Waals surface area contributed by atoms with Crippen molar-refractivity contribution in [3.63, 3.8) is 0 Å². The Kier molecular flexibility index (Phi) is 2.01. The smallest absolute Gasteiger partial charge is 0.186 e. The van der Waals surface area contributed by atoms with Crippen LogP contribution >= 0.6 is 0 Å². The van der Waals surface area contributed by atoms with Crippen LogP contribution in [0.4, 0.5) is 5.82 Å². The minimum Gasteiger partial charge on any atom is -0.383 e. The lowest BCUT2D eigenvalue weighted by molar-refractivity contribution is 1.09. The lowest BCUT2D eigenvalue weighted by atomic mass is 10.1. The van der Waals surface area contributed by atoms with Crippen molar-refractivity contribution in [1.29, 1.82) is 0 Å². The topological polar surface area (TPSA) is 93.4 Å². The van der Waals surface area contributed by atoms with Crippen LogP contribution in [-0.2, 0) is 0 Å². The van der Waals surface area contributed by atoms with Gasteiger partial charge in [-0.05, 0) is 19.1 Å². The molecular weight excluding hydrogens is 216 g/mol. The largest absolute Gasteiger partial charge is 0.383 e. The van der Waals surface area contributed by atoms with E-state index in [1.165, 1.54) is 6.33 Å². The van der Waals surface area contributed by atoms with Crippen LogP contribution < -0.4 is 5.73 Å². The predicted octanol–water partition coefficient (Wildman–Crippen LogP) is 1.31. The maximum absolute atomic E-state index is 5.84. The second-order valence-corrected chi connectivity index (χ2v) is 3.74. The first kappa shape index (κ1) is 9.71. The predicted molar refractivity (Wildman–Crippen MR) is 64.1 cm³/mol. The van der Waals surface area contributed by atoms with Gasteiger partial charge in [0.15, 0.2) is 5.65 Å². The van der Waals surface area contributed by atoms with Gasteiger partial charge >= 0.3 is 0 Å². The summed E-state index contributed by atoms with van der Waals surface area (Å²) in [4.78, 5) is 12.3. The molecule has 0 amide bonds. The fourth-order valence-corrected chi connectivity index (χ4v) is 1.70. The molecule has 0 fully saturated rings. The highest BCUT2D eigenvalue weighted by molar-refractivity contribution is 5.97. The minimum absolute atomic E-state index is 0.416. The Morgan fingerprint density at radius 3 is 2.82 bits per heavy atom. The normalized spacial score (nSPS) is 10.9. The molecule has 0 spiro atoms. The molecule has 0 saturated heterocycles. The second-order valence-electron chi connectivity index (χ2n) is 3.74. The first-order chi connectivity index (χ1) is 8.25. The third kappa shape index (κ3) is 1.50. The number of aryl methyl sites for hydroxylation is 1. The fraction of sp³-hybridized carbons (Fsp3) is 0.0909. The number of anilines is 1. The summed E-state index contributed by atoms with van der Waals surface area (Å²) in [6.45, 7) is 1.94. The molecule has 0 unspecified atom stereocenters. The third-order valence-electron chi connectivity index (χ3n) is 2.58. The number of nitrogen functional groups attached to an aromatic ring is 1. The molecule has 3 N–H and O–H groups in total. The molecule has 0 bridgehead atoms. The van der Waals surface area contributed by atoms with Crippen LogP contribution in [0.2, 0.25) is 0 Å². The number of nitrogens with one attached hydrogen (secondary N) is 1. The van der Waals surface area contributed by atoms with Crippen LogP contribution in [0, 0.1) is 6.92 Å². The number of fused-ring (bicyclic) bond motifs is 1. The molecule has 3 aromatic heterocycles. The third-order valence-corrected chi connectivity index (χ3v) is 2.58. The van der Waals surface area contributed by atoms with Crippen molar-refractivity contribution >= 4 is 16.9 Å². The highest BCUT2D eigenvalue weighted by atomic mass is 15.2. The van der Waals surface area contributed by atoms with E-state index in [4.69, 9.17) is 5.73 Å². The molecule has 0 aliphatic rings. The zero-order valence-corrected chi connectivity index (χ0v) is 9.18. The van der Waals surface area contributed by atoms with E-state index in [9.17, 15) is 0 Å². The quantitative estimate of drug-likeness (QED) is 0.652. The van der Waals surface area contributed by atoms with Crippen LogP contribution in [-0.4, -0.2) is 25.1 Å². The first-order valence-corrected chi connectivity index (χ1v) is 5.13. The molecule has 3 rings (SSSR count). The zero-order valence-electron chi connectivity index (χ0n) is 9.18. The van der Waals surface area contributed by atoms with Crippen LogP contribution in [0.1, 0.15) is 5.69 Å². The van der Waals surface area contributed by atoms with E-state index in [1.54, 1.807) is 6.20 Å². The molecule has 0 aromatic carbocycles. The van der Waals surface area contributed by atoms with Gasteiger partial charge in [-0.25, -0.2) is 9.97 Å². The minimum atomic E-state index is 0.416. The van der Waals surface area contributed by atoms with E-state index in [-0.39, 0.29) is 0 Å². The summed E-state index contributed by atoms with van der Waals surface area (Å²) in [7, 11) is 0. The van der Waals surface area contributed by atoms with Crippen molar-refractivity contribution in [1.82, 2.24) is 25.1 Å². The van der Waals surface area contributed by atoms with E-state index in [0.29, 0.717) is 11.5 Å². The lowest BCUT2D eigenvalue weighted by Gasteiger charge is -2.00.